The summed E-state index contributed by atoms with van der Waals surface area (Å²) in [4.78, 5) is 57.5. The molecule has 0 spiro atoms. The molecule has 1 aliphatic rings. The lowest BCUT2D eigenvalue weighted by Crippen LogP contribution is -2.63. The van der Waals surface area contributed by atoms with Gasteiger partial charge in [0.1, 0.15) is 12.7 Å². The van der Waals surface area contributed by atoms with Crippen LogP contribution in [0, 0.1) is 0 Å². The molecule has 0 aromatic rings. The quantitative estimate of drug-likeness (QED) is 0.209. The molecule has 0 bridgehead atoms. The topological polar surface area (TPSA) is 179 Å². The summed E-state index contributed by atoms with van der Waals surface area (Å²) in [5.74, 6) is -3.79. The zero-order valence-electron chi connectivity index (χ0n) is 19.7. The molecule has 194 valence electrons. The maximum atomic E-state index is 11.8. The molecule has 0 aromatic heterocycles. The average Bonchev–Trinajstić information content (AvgIpc) is 2.71. The fraction of sp³-hybridized carbons (Fsp3) is 0.750. The van der Waals surface area contributed by atoms with Crippen LogP contribution in [-0.4, -0.2) is 98.4 Å². The van der Waals surface area contributed by atoms with Crippen molar-refractivity contribution in [2.24, 2.45) is 0 Å². The molecule has 14 heteroatoms. The van der Waals surface area contributed by atoms with Crippen molar-refractivity contribution < 1.29 is 67.0 Å². The highest BCUT2D eigenvalue weighted by Crippen LogP contribution is 2.29. The van der Waals surface area contributed by atoms with E-state index in [-0.39, 0.29) is 0 Å². The second-order valence-electron chi connectivity index (χ2n) is 7.18. The van der Waals surface area contributed by atoms with Crippen LogP contribution in [0.4, 0.5) is 0 Å². The largest absolute Gasteiger partial charge is 0.463 e. The number of ether oxygens (including phenoxy) is 8. The fourth-order valence-corrected chi connectivity index (χ4v) is 3.04. The molecule has 7 atom stereocenters. The zero-order chi connectivity index (χ0) is 26.0. The number of aliphatic hydroxyl groups excluding tert-OH is 1. The van der Waals surface area contributed by atoms with Gasteiger partial charge in [-0.15, -0.1) is 0 Å². The maximum absolute atomic E-state index is 11.8. The smallest absolute Gasteiger partial charge is 0.305 e. The molecule has 1 rings (SSSR count). The van der Waals surface area contributed by atoms with Gasteiger partial charge in [0.05, 0.1) is 6.61 Å². The van der Waals surface area contributed by atoms with E-state index in [1.807, 2.05) is 0 Å². The Labute approximate surface area is 195 Å². The van der Waals surface area contributed by atoms with E-state index in [0.29, 0.717) is 0 Å². The highest BCUT2D eigenvalue weighted by molar-refractivity contribution is 5.68. The van der Waals surface area contributed by atoms with Crippen molar-refractivity contribution in [3.05, 3.63) is 0 Å². The van der Waals surface area contributed by atoms with Crippen LogP contribution in [0.5, 0.6) is 0 Å². The normalized spacial score (nSPS) is 25.9. The Balaban J connectivity index is 3.18. The van der Waals surface area contributed by atoms with E-state index in [1.165, 1.54) is 7.11 Å². The molecule has 0 amide bonds. The second-order valence-corrected chi connectivity index (χ2v) is 7.18. The average molecular weight is 494 g/mol. The Bertz CT molecular complexity index is 737. The summed E-state index contributed by atoms with van der Waals surface area (Å²) in [7, 11) is 1.24. The molecule has 1 saturated heterocycles. The summed E-state index contributed by atoms with van der Waals surface area (Å²) < 4.78 is 41.7. The molecule has 0 aromatic carbocycles. The van der Waals surface area contributed by atoms with E-state index >= 15 is 0 Å². The summed E-state index contributed by atoms with van der Waals surface area (Å²) >= 11 is 0. The number of esters is 5. The predicted molar refractivity (Wildman–Crippen MR) is 106 cm³/mol. The molecule has 1 aliphatic heterocycles. The molecule has 14 nitrogen and oxygen atoms in total. The number of rotatable bonds is 11. The lowest BCUT2D eigenvalue weighted by molar-refractivity contribution is -0.311. The van der Waals surface area contributed by atoms with Crippen LogP contribution in [0.1, 0.15) is 34.6 Å². The highest BCUT2D eigenvalue weighted by Gasteiger charge is 2.52. The van der Waals surface area contributed by atoms with Gasteiger partial charge in [0.15, 0.2) is 30.7 Å². The Kier molecular flexibility index (Phi) is 11.9. The van der Waals surface area contributed by atoms with Crippen molar-refractivity contribution in [3.8, 4) is 0 Å². The highest BCUT2D eigenvalue weighted by atomic mass is 16.7. The van der Waals surface area contributed by atoms with Gasteiger partial charge in [-0.25, -0.2) is 0 Å². The first-order valence-electron chi connectivity index (χ1n) is 10.2. The zero-order valence-corrected chi connectivity index (χ0v) is 19.7. The number of carbonyl (C=O) groups is 5. The minimum absolute atomic E-state index is 0.489. The van der Waals surface area contributed by atoms with Crippen molar-refractivity contribution in [1.29, 1.82) is 0 Å². The Morgan fingerprint density at radius 2 is 1.32 bits per heavy atom. The maximum Gasteiger partial charge on any atom is 0.305 e. The SMILES string of the molecule is CO[C@@H]1OC(CO[C@H](OC(C)=O)C(O)COC(C)=O)[C@@H](OC(C)=O)C(OC(C)=O)C1OC(C)=O. The molecule has 0 saturated carbocycles. The number of hydrogen-bond acceptors (Lipinski definition) is 14. The summed E-state index contributed by atoms with van der Waals surface area (Å²) in [6, 6.07) is 0. The van der Waals surface area contributed by atoms with Crippen LogP contribution in [0.25, 0.3) is 0 Å². The van der Waals surface area contributed by atoms with E-state index < -0.39 is 86.2 Å². The van der Waals surface area contributed by atoms with Gasteiger partial charge in [-0.2, -0.15) is 0 Å². The van der Waals surface area contributed by atoms with Crippen LogP contribution in [-0.2, 0) is 61.9 Å². The van der Waals surface area contributed by atoms with Crippen molar-refractivity contribution in [2.45, 2.75) is 77.7 Å². The van der Waals surface area contributed by atoms with Gasteiger partial charge in [-0.1, -0.05) is 0 Å². The van der Waals surface area contributed by atoms with Crippen molar-refractivity contribution >= 4 is 29.8 Å². The standard InChI is InChI=1S/C20H30O14/c1-9(21)28-7-14(26)19(33-13(5)25)29-8-15-16(30-10(2)22)17(31-11(3)23)18(32-12(4)24)20(27-6)34-15/h14-20,26H,7-8H2,1-6H3/t14?,15?,16-,17?,18?,19-,20-/m1/s1. The van der Waals surface area contributed by atoms with E-state index in [2.05, 4.69) is 0 Å². The molecule has 1 heterocycles. The number of methoxy groups -OCH3 is 1. The van der Waals surface area contributed by atoms with Crippen LogP contribution >= 0.6 is 0 Å². The van der Waals surface area contributed by atoms with Crippen LogP contribution in [0.15, 0.2) is 0 Å². The van der Waals surface area contributed by atoms with Crippen molar-refractivity contribution in [1.82, 2.24) is 0 Å². The second kappa shape index (κ2) is 13.8. The third-order valence-corrected chi connectivity index (χ3v) is 4.21. The van der Waals surface area contributed by atoms with Crippen LogP contribution in [0.3, 0.4) is 0 Å². The number of aliphatic hydroxyl groups is 1. The van der Waals surface area contributed by atoms with Gasteiger partial charge in [-0.05, 0) is 0 Å². The molecule has 34 heavy (non-hydrogen) atoms. The van der Waals surface area contributed by atoms with Gasteiger partial charge in [0, 0.05) is 41.7 Å². The summed E-state index contributed by atoms with van der Waals surface area (Å²) in [6.45, 7) is 4.45. The van der Waals surface area contributed by atoms with Crippen LogP contribution < -0.4 is 0 Å². The van der Waals surface area contributed by atoms with Gasteiger partial charge in [0.2, 0.25) is 6.29 Å². The minimum atomic E-state index is -1.60. The van der Waals surface area contributed by atoms with Gasteiger partial charge < -0.3 is 43.0 Å². The molecule has 0 aliphatic carbocycles. The first kappa shape index (κ1) is 29.2. The van der Waals surface area contributed by atoms with Crippen LogP contribution in [0.2, 0.25) is 0 Å². The first-order valence-corrected chi connectivity index (χ1v) is 10.2. The number of hydrogen-bond donors (Lipinski definition) is 1. The first-order chi connectivity index (χ1) is 15.8. The minimum Gasteiger partial charge on any atom is -0.463 e. The van der Waals surface area contributed by atoms with E-state index in [1.54, 1.807) is 0 Å². The lowest BCUT2D eigenvalue weighted by Gasteiger charge is -2.44. The van der Waals surface area contributed by atoms with E-state index in [0.717, 1.165) is 34.6 Å². The van der Waals surface area contributed by atoms with E-state index in [4.69, 9.17) is 37.9 Å². The number of carbonyl (C=O) groups excluding carboxylic acids is 5. The third-order valence-electron chi connectivity index (χ3n) is 4.21. The third kappa shape index (κ3) is 9.59. The molecule has 1 N–H and O–H groups in total. The lowest BCUT2D eigenvalue weighted by atomic mass is 9.98. The molecule has 0 radical (unpaired) electrons. The summed E-state index contributed by atoms with van der Waals surface area (Å²) in [5.41, 5.74) is 0. The Morgan fingerprint density at radius 3 is 1.79 bits per heavy atom. The fourth-order valence-electron chi connectivity index (χ4n) is 3.04. The van der Waals surface area contributed by atoms with Gasteiger partial charge in [0.25, 0.3) is 0 Å². The molecular weight excluding hydrogens is 464 g/mol. The summed E-state index contributed by atoms with van der Waals surface area (Å²) in [6.07, 6.45) is -9.64. The van der Waals surface area contributed by atoms with E-state index in [9.17, 15) is 29.1 Å². The van der Waals surface area contributed by atoms with Crippen molar-refractivity contribution in [3.63, 3.8) is 0 Å². The Morgan fingerprint density at radius 1 is 0.794 bits per heavy atom. The molecule has 1 fully saturated rings. The van der Waals surface area contributed by atoms with Gasteiger partial charge >= 0.3 is 29.8 Å². The molecule has 4 unspecified atom stereocenters. The predicted octanol–water partition coefficient (Wildman–Crippen LogP) is -1.02. The van der Waals surface area contributed by atoms with Gasteiger partial charge in [-0.3, -0.25) is 24.0 Å². The monoisotopic (exact) mass is 494 g/mol. The summed E-state index contributed by atoms with van der Waals surface area (Å²) in [5, 5.41) is 10.2. The molecular formula is C20H30O14. The van der Waals surface area contributed by atoms with Crippen molar-refractivity contribution in [2.75, 3.05) is 20.3 Å². The Hall–Kier alpha value is -2.81.